The minimum atomic E-state index is -1.00. The first-order valence-electron chi connectivity index (χ1n) is 10.6. The molecule has 0 fully saturated rings. The van der Waals surface area contributed by atoms with E-state index in [2.05, 4.69) is 30.7 Å². The molecular weight excluding hydrogens is 454 g/mol. The number of rotatable bonds is 6. The van der Waals surface area contributed by atoms with Gasteiger partial charge in [-0.05, 0) is 60.3 Å². The van der Waals surface area contributed by atoms with Gasteiger partial charge >= 0.3 is 5.97 Å². The summed E-state index contributed by atoms with van der Waals surface area (Å²) >= 11 is 1.24. The van der Waals surface area contributed by atoms with E-state index in [9.17, 15) is 4.79 Å². The highest BCUT2D eigenvalue weighted by Crippen LogP contribution is 2.37. The average molecular weight is 476 g/mol. The summed E-state index contributed by atoms with van der Waals surface area (Å²) in [6, 6.07) is 11.1. The summed E-state index contributed by atoms with van der Waals surface area (Å²) in [6.07, 6.45) is 2.97. The van der Waals surface area contributed by atoms with Gasteiger partial charge in [0.05, 0.1) is 6.20 Å². The van der Waals surface area contributed by atoms with Crippen LogP contribution >= 0.6 is 11.5 Å². The number of carboxylic acid groups (broad SMARTS) is 1. The molecule has 4 aromatic rings. The van der Waals surface area contributed by atoms with Crippen molar-refractivity contribution in [3.8, 4) is 22.6 Å². The quantitative estimate of drug-likeness (QED) is 0.392. The number of hydrogen-bond donors (Lipinski definition) is 2. The van der Waals surface area contributed by atoms with Crippen LogP contribution in [0.1, 0.15) is 18.2 Å². The van der Waals surface area contributed by atoms with E-state index in [0.29, 0.717) is 35.1 Å². The minimum Gasteiger partial charge on any atom is -0.486 e. The fourth-order valence-electron chi connectivity index (χ4n) is 3.56. The molecule has 0 radical (unpaired) electrons. The van der Waals surface area contributed by atoms with E-state index in [4.69, 9.17) is 14.6 Å². The van der Waals surface area contributed by atoms with Gasteiger partial charge in [0, 0.05) is 11.9 Å². The van der Waals surface area contributed by atoms with Crippen molar-refractivity contribution in [1.29, 1.82) is 0 Å². The van der Waals surface area contributed by atoms with Crippen LogP contribution in [-0.4, -0.2) is 50.9 Å². The van der Waals surface area contributed by atoms with E-state index in [1.807, 2.05) is 37.3 Å². The number of hydrogen-bond acceptors (Lipinski definition) is 9. The number of fused-ring (bicyclic) bond motifs is 2. The molecule has 0 saturated carbocycles. The molecule has 0 spiro atoms. The molecule has 172 valence electrons. The van der Waals surface area contributed by atoms with E-state index in [-0.39, 0.29) is 0 Å². The van der Waals surface area contributed by atoms with Crippen LogP contribution in [0, 0.1) is 6.92 Å². The van der Waals surface area contributed by atoms with Gasteiger partial charge in [-0.1, -0.05) is 18.2 Å². The topological polar surface area (TPSA) is 119 Å². The molecule has 34 heavy (non-hydrogen) atoms. The van der Waals surface area contributed by atoms with Crippen molar-refractivity contribution in [2.45, 2.75) is 19.9 Å². The Morgan fingerprint density at radius 3 is 2.88 bits per heavy atom. The van der Waals surface area contributed by atoms with Crippen molar-refractivity contribution in [3.63, 3.8) is 0 Å². The summed E-state index contributed by atoms with van der Waals surface area (Å²) in [5.74, 6) is 1.08. The van der Waals surface area contributed by atoms with Gasteiger partial charge in [-0.25, -0.2) is 14.8 Å². The van der Waals surface area contributed by atoms with Crippen molar-refractivity contribution < 1.29 is 19.4 Å². The lowest BCUT2D eigenvalue weighted by molar-refractivity contribution is -0.137. The molecular formula is C24H21N5O4S. The highest BCUT2D eigenvalue weighted by atomic mass is 32.1. The number of carbonyl (C=O) groups is 1. The molecule has 0 saturated heterocycles. The van der Waals surface area contributed by atoms with E-state index < -0.39 is 12.0 Å². The maximum absolute atomic E-state index is 11.0. The minimum absolute atomic E-state index is 0.464. The fraction of sp³-hybridized carbons (Fsp3) is 0.208. The number of carboxylic acids is 1. The number of ether oxygens (including phenoxy) is 2. The van der Waals surface area contributed by atoms with Crippen LogP contribution in [0.5, 0.6) is 11.5 Å². The zero-order valence-corrected chi connectivity index (χ0v) is 19.3. The van der Waals surface area contributed by atoms with Crippen LogP contribution in [-0.2, 0) is 4.79 Å². The number of nitrogens with zero attached hydrogens (tertiary/aromatic N) is 4. The number of anilines is 2. The molecule has 0 amide bonds. The predicted octanol–water partition coefficient (Wildman–Crippen LogP) is 4.47. The first-order valence-corrected chi connectivity index (χ1v) is 11.4. The normalized spacial score (nSPS) is 13.8. The number of benzene rings is 2. The van der Waals surface area contributed by atoms with Crippen molar-refractivity contribution >= 4 is 45.6 Å². The Bertz CT molecular complexity index is 1420. The largest absolute Gasteiger partial charge is 0.486 e. The fourth-order valence-corrected chi connectivity index (χ4v) is 4.20. The van der Waals surface area contributed by atoms with Gasteiger partial charge in [-0.3, -0.25) is 4.99 Å². The molecule has 10 heteroatoms. The number of aliphatic imine (C=N–C) groups is 1. The monoisotopic (exact) mass is 475 g/mol. The average Bonchev–Trinajstić information content (AvgIpc) is 3.25. The molecule has 3 heterocycles. The number of aromatic nitrogens is 3. The van der Waals surface area contributed by atoms with E-state index >= 15 is 0 Å². The van der Waals surface area contributed by atoms with Crippen LogP contribution in [0.4, 0.5) is 11.5 Å². The Morgan fingerprint density at radius 1 is 1.24 bits per heavy atom. The first-order chi connectivity index (χ1) is 16.5. The molecule has 2 aromatic heterocycles. The Hall–Kier alpha value is -4.05. The third-order valence-corrected chi connectivity index (χ3v) is 6.18. The summed E-state index contributed by atoms with van der Waals surface area (Å²) in [6.45, 7) is 4.64. The van der Waals surface area contributed by atoms with Crippen molar-refractivity contribution in [3.05, 3.63) is 53.9 Å². The third kappa shape index (κ3) is 4.27. The smallest absolute Gasteiger partial charge is 0.328 e. The van der Waals surface area contributed by atoms with Gasteiger partial charge in [0.1, 0.15) is 30.5 Å². The van der Waals surface area contributed by atoms with Crippen molar-refractivity contribution in [2.75, 3.05) is 18.5 Å². The molecule has 1 aliphatic rings. The highest BCUT2D eigenvalue weighted by Gasteiger charge is 2.16. The van der Waals surface area contributed by atoms with E-state index in [1.54, 1.807) is 6.20 Å². The maximum Gasteiger partial charge on any atom is 0.328 e. The van der Waals surface area contributed by atoms with Crippen LogP contribution in [0.3, 0.4) is 0 Å². The zero-order chi connectivity index (χ0) is 23.7. The lowest BCUT2D eigenvalue weighted by Gasteiger charge is -2.19. The van der Waals surface area contributed by atoms with E-state index in [0.717, 1.165) is 33.9 Å². The van der Waals surface area contributed by atoms with Crippen molar-refractivity contribution in [1.82, 2.24) is 14.3 Å². The van der Waals surface area contributed by atoms with Crippen LogP contribution in [0.2, 0.25) is 0 Å². The van der Waals surface area contributed by atoms with E-state index in [1.165, 1.54) is 24.7 Å². The summed E-state index contributed by atoms with van der Waals surface area (Å²) < 4.78 is 15.9. The van der Waals surface area contributed by atoms with Crippen molar-refractivity contribution in [2.24, 2.45) is 4.99 Å². The van der Waals surface area contributed by atoms with Gasteiger partial charge in [0.2, 0.25) is 0 Å². The Labute approximate surface area is 199 Å². The molecule has 2 aromatic carbocycles. The SMILES string of the molecule is Cc1c(Nc2nsc3ncc(C=N[C@@H](C)C(=O)O)nc23)cccc1-c1ccc2c(c1)OCCO2. The molecule has 9 nitrogen and oxygen atoms in total. The zero-order valence-electron chi connectivity index (χ0n) is 18.5. The maximum atomic E-state index is 11.0. The van der Waals surface area contributed by atoms with Gasteiger partial charge in [-0.2, -0.15) is 4.37 Å². The Kier molecular flexibility index (Phi) is 5.81. The number of aliphatic carboxylic acids is 1. The Balaban J connectivity index is 1.45. The highest BCUT2D eigenvalue weighted by molar-refractivity contribution is 7.13. The number of nitrogens with one attached hydrogen (secondary N) is 1. The molecule has 1 aliphatic heterocycles. The van der Waals surface area contributed by atoms with Gasteiger partial charge in [0.15, 0.2) is 22.1 Å². The second-order valence-electron chi connectivity index (χ2n) is 7.73. The second kappa shape index (κ2) is 9.06. The van der Waals surface area contributed by atoms with Crippen LogP contribution < -0.4 is 14.8 Å². The lowest BCUT2D eigenvalue weighted by atomic mass is 9.98. The summed E-state index contributed by atoms with van der Waals surface area (Å²) in [4.78, 5) is 24.6. The molecule has 5 rings (SSSR count). The first kappa shape index (κ1) is 21.8. The van der Waals surface area contributed by atoms with Gasteiger partial charge < -0.3 is 19.9 Å². The summed E-state index contributed by atoms with van der Waals surface area (Å²) in [5.41, 5.74) is 5.08. The van der Waals surface area contributed by atoms with Gasteiger partial charge in [0.25, 0.3) is 0 Å². The van der Waals surface area contributed by atoms with Gasteiger partial charge in [-0.15, -0.1) is 0 Å². The molecule has 0 bridgehead atoms. The molecule has 2 N–H and O–H groups in total. The molecule has 0 aliphatic carbocycles. The molecule has 0 unspecified atom stereocenters. The lowest BCUT2D eigenvalue weighted by Crippen LogP contribution is -2.15. The second-order valence-corrected chi connectivity index (χ2v) is 8.49. The standard InChI is InChI=1S/C24H21N5O4S/c1-13-17(15-6-7-19-20(10-15)33-9-8-32-19)4-3-5-18(13)28-22-21-23(34-29-22)26-12-16(27-21)11-25-14(2)24(30)31/h3-7,10-12,14H,8-9H2,1-2H3,(H,28,29)(H,30,31)/t14-/m0/s1. The van der Waals surface area contributed by atoms with Crippen LogP contribution in [0.25, 0.3) is 21.5 Å². The predicted molar refractivity (Wildman–Crippen MR) is 131 cm³/mol. The summed E-state index contributed by atoms with van der Waals surface area (Å²) in [7, 11) is 0. The van der Waals surface area contributed by atoms with Crippen LogP contribution in [0.15, 0.2) is 47.6 Å². The Morgan fingerprint density at radius 2 is 2.06 bits per heavy atom. The third-order valence-electron chi connectivity index (χ3n) is 5.43. The molecule has 1 atom stereocenters. The summed E-state index contributed by atoms with van der Waals surface area (Å²) in [5, 5.41) is 12.4.